The molecular weight excluding hydrogens is 946 g/mol. The number of aromatic nitrogens is 2. The number of rotatable bonds is 0. The molecule has 0 bridgehead atoms. The zero-order chi connectivity index (χ0) is 53.4. The van der Waals surface area contributed by atoms with Gasteiger partial charge < -0.3 is 18.6 Å². The van der Waals surface area contributed by atoms with Crippen LogP contribution in [0.3, 0.4) is 0 Å². The van der Waals surface area contributed by atoms with E-state index in [-0.39, 0.29) is 40.5 Å². The number of ether oxygens (including phenoxy) is 2. The number of hydrogen-bond donors (Lipinski definition) is 0. The highest BCUT2D eigenvalue weighted by Gasteiger charge is 2.53. The molecule has 0 amide bonds. The fourth-order valence-corrected chi connectivity index (χ4v) is 15.7. The van der Waals surface area contributed by atoms with Crippen molar-refractivity contribution in [3.05, 3.63) is 178 Å². The van der Waals surface area contributed by atoms with Crippen LogP contribution >= 0.6 is 0 Å². The van der Waals surface area contributed by atoms with Crippen molar-refractivity contribution in [2.45, 2.75) is 117 Å². The third-order valence-electron chi connectivity index (χ3n) is 19.8. The molecule has 4 aliphatic heterocycles. The quantitative estimate of drug-likeness (QED) is 0.142. The van der Waals surface area contributed by atoms with Crippen molar-refractivity contribution in [1.29, 1.82) is 0 Å². The Morgan fingerprint density at radius 1 is 0.372 bits per heavy atom. The Morgan fingerprint density at radius 3 is 1.28 bits per heavy atom. The molecule has 2 aromatic heterocycles. The first-order chi connectivity index (χ1) is 37.1. The van der Waals surface area contributed by atoms with Gasteiger partial charge in [-0.1, -0.05) is 187 Å². The summed E-state index contributed by atoms with van der Waals surface area (Å²) in [6.45, 7) is 30.5. The lowest BCUT2D eigenvalue weighted by atomic mass is 9.31. The number of fused-ring (bicyclic) bond motifs is 22. The predicted octanol–water partition coefficient (Wildman–Crippen LogP) is 14.3. The van der Waals surface area contributed by atoms with Gasteiger partial charge in [0.15, 0.2) is 0 Å². The molecule has 2 aliphatic carbocycles. The summed E-state index contributed by atoms with van der Waals surface area (Å²) in [5.74, 6) is 3.74. The van der Waals surface area contributed by atoms with Crippen molar-refractivity contribution in [1.82, 2.24) is 9.13 Å². The number of para-hydroxylation sites is 1. The second-order valence-corrected chi connectivity index (χ2v) is 28.1. The summed E-state index contributed by atoms with van der Waals surface area (Å²) < 4.78 is 21.4. The van der Waals surface area contributed by atoms with E-state index in [9.17, 15) is 0 Å². The summed E-state index contributed by atoms with van der Waals surface area (Å²) >= 11 is 0. The first-order valence-electron chi connectivity index (χ1n) is 28.5. The zero-order valence-electron chi connectivity index (χ0n) is 47.1. The van der Waals surface area contributed by atoms with Gasteiger partial charge >= 0.3 is 0 Å². The maximum Gasteiger partial charge on any atom is 0.256 e. The molecule has 6 aliphatic rings. The molecule has 0 saturated heterocycles. The smallest absolute Gasteiger partial charge is 0.256 e. The predicted molar refractivity (Wildman–Crippen MR) is 329 cm³/mol. The maximum absolute atomic E-state index is 8.08. The van der Waals surface area contributed by atoms with Gasteiger partial charge in [-0.3, -0.25) is 0 Å². The average Bonchev–Trinajstić information content (AvgIpc) is 3.02. The third kappa shape index (κ3) is 5.36. The lowest BCUT2D eigenvalue weighted by Gasteiger charge is -2.42. The summed E-state index contributed by atoms with van der Waals surface area (Å²) in [7, 11) is 0. The SMILES string of the molecule is CC(C)(C)c1ccc2c(c1)c1cc(C(C)(C)C)cc3c1n2-c1c2c4c(c5c1B3c1cc3c(cc1O5)C(C)(C)c1ccccc1-3)-n1c3ccccc3c3cc(C(C)(C)C)cc(c31)B4c1cc3c(cc1O2)C(C)(C)c1ccccc1-3. The molecule has 0 spiro atoms. The molecule has 78 heavy (non-hydrogen) atoms. The van der Waals surface area contributed by atoms with E-state index >= 15 is 0 Å². The van der Waals surface area contributed by atoms with Crippen LogP contribution in [-0.2, 0) is 27.1 Å². The van der Waals surface area contributed by atoms with E-state index < -0.39 is 0 Å². The monoisotopic (exact) mass is 1010 g/mol. The van der Waals surface area contributed by atoms with Crippen molar-refractivity contribution in [3.63, 3.8) is 0 Å². The summed E-state index contributed by atoms with van der Waals surface area (Å²) in [5.41, 5.74) is 28.3. The van der Waals surface area contributed by atoms with Crippen LogP contribution in [0.2, 0.25) is 0 Å². The Kier molecular flexibility index (Phi) is 8.10. The van der Waals surface area contributed by atoms with Gasteiger partial charge in [-0.2, -0.15) is 0 Å². The van der Waals surface area contributed by atoms with Gasteiger partial charge in [0.2, 0.25) is 0 Å². The highest BCUT2D eigenvalue weighted by atomic mass is 16.5. The van der Waals surface area contributed by atoms with E-state index in [1.165, 1.54) is 138 Å². The highest BCUT2D eigenvalue weighted by molar-refractivity contribution is 7.02. The van der Waals surface area contributed by atoms with Crippen molar-refractivity contribution >= 4 is 89.8 Å². The molecule has 6 heterocycles. The molecular formula is C72H62B2N2O2. The second kappa shape index (κ2) is 13.9. The Bertz CT molecular complexity index is 4690. The van der Waals surface area contributed by atoms with Gasteiger partial charge in [0.1, 0.15) is 23.0 Å². The standard InChI is InChI=1S/C72H62B2N2O2/c1-68(2,3)37-26-27-57-45(28-37)47-30-39(70(7,8)9)32-55-63(47)76(57)65-61-66(77-59-36-51-44(34-53(59)74(55)61)41-21-15-18-24-49(41)72(51,12)13)64-60-67(65)78-58-35-50-43(40-20-14-17-23-48(40)71(50,10)11)33-52(58)73(60)54-31-38(69(4,5)6)29-46-42-22-16-19-25-56(42)75(64)62(46)54/h14-36H,1-13H3. The Labute approximate surface area is 458 Å². The van der Waals surface area contributed by atoms with Gasteiger partial charge in [0.25, 0.3) is 13.4 Å². The first-order valence-corrected chi connectivity index (χ1v) is 28.5. The summed E-state index contributed by atoms with van der Waals surface area (Å²) in [5, 5.41) is 5.10. The molecule has 0 radical (unpaired) electrons. The summed E-state index contributed by atoms with van der Waals surface area (Å²) in [4.78, 5) is 0. The summed E-state index contributed by atoms with van der Waals surface area (Å²) in [6.07, 6.45) is 0. The van der Waals surface area contributed by atoms with Crippen LogP contribution < -0.4 is 42.3 Å². The molecule has 0 atom stereocenters. The van der Waals surface area contributed by atoms with E-state index in [0.29, 0.717) is 0 Å². The largest absolute Gasteiger partial charge is 0.456 e. The fourth-order valence-electron chi connectivity index (χ4n) is 15.7. The Morgan fingerprint density at radius 2 is 0.795 bits per heavy atom. The van der Waals surface area contributed by atoms with Crippen LogP contribution in [0, 0.1) is 0 Å². The van der Waals surface area contributed by atoms with Gasteiger partial charge in [0, 0.05) is 54.3 Å². The van der Waals surface area contributed by atoms with Crippen LogP contribution in [0.4, 0.5) is 0 Å². The van der Waals surface area contributed by atoms with Crippen LogP contribution in [0.1, 0.15) is 129 Å². The Balaban J connectivity index is 1.10. The molecule has 9 aromatic carbocycles. The molecule has 4 nitrogen and oxygen atoms in total. The molecule has 0 unspecified atom stereocenters. The van der Waals surface area contributed by atoms with E-state index in [4.69, 9.17) is 9.47 Å². The van der Waals surface area contributed by atoms with Crippen LogP contribution in [0.15, 0.2) is 140 Å². The van der Waals surface area contributed by atoms with Crippen molar-refractivity contribution in [3.8, 4) is 56.6 Å². The minimum absolute atomic E-state index is 0.0516. The average molecular weight is 1010 g/mol. The number of hydrogen-bond acceptors (Lipinski definition) is 2. The number of nitrogens with zero attached hydrogens (tertiary/aromatic N) is 2. The minimum atomic E-state index is -0.217. The topological polar surface area (TPSA) is 28.3 Å². The van der Waals surface area contributed by atoms with Gasteiger partial charge in [-0.05, 0) is 142 Å². The lowest BCUT2D eigenvalue weighted by Crippen LogP contribution is -2.63. The van der Waals surface area contributed by atoms with E-state index in [1.807, 2.05) is 0 Å². The molecule has 0 N–H and O–H groups in total. The van der Waals surface area contributed by atoms with Crippen molar-refractivity contribution < 1.29 is 9.47 Å². The molecule has 0 saturated carbocycles. The van der Waals surface area contributed by atoms with E-state index in [0.717, 1.165) is 34.4 Å². The van der Waals surface area contributed by atoms with Crippen LogP contribution in [-0.4, -0.2) is 22.6 Å². The lowest BCUT2D eigenvalue weighted by molar-refractivity contribution is 0.470. The zero-order valence-corrected chi connectivity index (χ0v) is 47.1. The second-order valence-electron chi connectivity index (χ2n) is 28.1. The fraction of sp³-hybridized carbons (Fsp3) is 0.250. The highest BCUT2D eigenvalue weighted by Crippen LogP contribution is 2.55. The van der Waals surface area contributed by atoms with Crippen molar-refractivity contribution in [2.24, 2.45) is 0 Å². The molecule has 11 aromatic rings. The number of benzene rings is 9. The molecule has 17 rings (SSSR count). The van der Waals surface area contributed by atoms with E-state index in [1.54, 1.807) is 0 Å². The van der Waals surface area contributed by atoms with E-state index in [2.05, 4.69) is 239 Å². The normalized spacial score (nSPS) is 16.1. The molecule has 378 valence electrons. The minimum Gasteiger partial charge on any atom is -0.456 e. The maximum atomic E-state index is 8.08. The molecule has 6 heteroatoms. The van der Waals surface area contributed by atoms with Crippen LogP contribution in [0.25, 0.3) is 77.2 Å². The summed E-state index contributed by atoms with van der Waals surface area (Å²) in [6, 6.07) is 54.6. The first kappa shape index (κ1) is 45.3. The molecule has 0 fully saturated rings. The van der Waals surface area contributed by atoms with Gasteiger partial charge in [0.05, 0.1) is 22.4 Å². The van der Waals surface area contributed by atoms with Crippen LogP contribution in [0.5, 0.6) is 23.0 Å². The van der Waals surface area contributed by atoms with Gasteiger partial charge in [-0.15, -0.1) is 0 Å². The third-order valence-corrected chi connectivity index (χ3v) is 19.8. The van der Waals surface area contributed by atoms with Gasteiger partial charge in [-0.25, -0.2) is 0 Å². The van der Waals surface area contributed by atoms with Crippen molar-refractivity contribution in [2.75, 3.05) is 0 Å². The Hall–Kier alpha value is -7.69.